The van der Waals surface area contributed by atoms with Crippen LogP contribution in [0.25, 0.3) is 6.08 Å². The lowest BCUT2D eigenvalue weighted by Crippen LogP contribution is -2.21. The fourth-order valence-corrected chi connectivity index (χ4v) is 2.73. The van der Waals surface area contributed by atoms with E-state index in [-0.39, 0.29) is 11.8 Å². The normalized spacial score (nSPS) is 10.7. The summed E-state index contributed by atoms with van der Waals surface area (Å²) in [5, 5.41) is 3.10. The number of rotatable bonds is 4. The molecule has 1 aromatic heterocycles. The summed E-state index contributed by atoms with van der Waals surface area (Å²) in [5.41, 5.74) is 1.56. The maximum absolute atomic E-state index is 11.9. The summed E-state index contributed by atoms with van der Waals surface area (Å²) in [6.07, 6.45) is 3.17. The van der Waals surface area contributed by atoms with Gasteiger partial charge in [-0.2, -0.15) is 0 Å². The molecule has 0 bridgehead atoms. The molecule has 0 aliphatic rings. The molecule has 0 saturated heterocycles. The molecule has 114 valence electrons. The minimum absolute atomic E-state index is 0.115. The molecule has 5 nitrogen and oxygen atoms in total. The molecule has 0 aliphatic heterocycles. The number of amides is 2. The molecule has 2 aromatic rings. The van der Waals surface area contributed by atoms with Gasteiger partial charge in [0.1, 0.15) is 4.88 Å². The number of hydrogen-bond acceptors (Lipinski definition) is 4. The molecule has 2 amide bonds. The average Bonchev–Trinajstić information content (AvgIpc) is 2.85. The van der Waals surface area contributed by atoms with Crippen LogP contribution in [0.2, 0.25) is 0 Å². The first-order valence-corrected chi connectivity index (χ1v) is 7.52. The molecule has 0 radical (unpaired) electrons. The minimum atomic E-state index is -0.276. The fraction of sp³-hybridized carbons (Fsp3) is 0.188. The van der Waals surface area contributed by atoms with Gasteiger partial charge >= 0.3 is 0 Å². The summed E-state index contributed by atoms with van der Waals surface area (Å²) in [6, 6.07) is 9.54. The number of benzene rings is 1. The number of anilines is 1. The number of nitrogens with zero attached hydrogens (tertiary/aromatic N) is 2. The molecule has 1 N–H and O–H groups in total. The van der Waals surface area contributed by atoms with Gasteiger partial charge in [0, 0.05) is 20.2 Å². The molecular weight excluding hydrogens is 298 g/mol. The van der Waals surface area contributed by atoms with Crippen LogP contribution in [0.15, 0.2) is 36.4 Å². The van der Waals surface area contributed by atoms with E-state index in [4.69, 9.17) is 0 Å². The Morgan fingerprint density at radius 3 is 2.55 bits per heavy atom. The van der Waals surface area contributed by atoms with Crippen LogP contribution >= 0.6 is 11.3 Å². The third kappa shape index (κ3) is 4.02. The second kappa shape index (κ2) is 7.00. The topological polar surface area (TPSA) is 62.3 Å². The largest absolute Gasteiger partial charge is 0.344 e. The van der Waals surface area contributed by atoms with Crippen molar-refractivity contribution in [3.8, 4) is 0 Å². The van der Waals surface area contributed by atoms with Crippen LogP contribution in [0.1, 0.15) is 20.9 Å². The van der Waals surface area contributed by atoms with Crippen LogP contribution in [0, 0.1) is 6.92 Å². The van der Waals surface area contributed by atoms with E-state index in [2.05, 4.69) is 10.3 Å². The second-order valence-corrected chi connectivity index (χ2v) is 5.87. The lowest BCUT2D eigenvalue weighted by atomic mass is 10.2. The summed E-state index contributed by atoms with van der Waals surface area (Å²) >= 11 is 1.18. The van der Waals surface area contributed by atoms with Crippen molar-refractivity contribution in [2.24, 2.45) is 0 Å². The molecule has 0 unspecified atom stereocenters. The molecule has 0 atom stereocenters. The monoisotopic (exact) mass is 315 g/mol. The molecule has 0 aliphatic carbocycles. The van der Waals surface area contributed by atoms with Crippen molar-refractivity contribution >= 4 is 34.4 Å². The molecule has 22 heavy (non-hydrogen) atoms. The van der Waals surface area contributed by atoms with Gasteiger partial charge in [-0.05, 0) is 18.6 Å². The molecular formula is C16H17N3O2S. The number of thiazole rings is 1. The zero-order valence-corrected chi connectivity index (χ0v) is 13.5. The summed E-state index contributed by atoms with van der Waals surface area (Å²) in [4.78, 5) is 30.1. The van der Waals surface area contributed by atoms with Crippen molar-refractivity contribution in [3.05, 3.63) is 52.5 Å². The van der Waals surface area contributed by atoms with Crippen molar-refractivity contribution in [2.45, 2.75) is 6.92 Å². The van der Waals surface area contributed by atoms with Gasteiger partial charge in [-0.1, -0.05) is 41.7 Å². The standard InChI is InChI=1S/C16H17N3O2S/c1-11-14(15(21)19(2)3)22-16(17-11)18-13(20)10-9-12-7-5-4-6-8-12/h4-10H,1-3H3,(H,17,18,20)/b10-9+. The Kier molecular flexibility index (Phi) is 5.06. The van der Waals surface area contributed by atoms with Crippen molar-refractivity contribution in [3.63, 3.8) is 0 Å². The van der Waals surface area contributed by atoms with E-state index in [1.165, 1.54) is 22.3 Å². The predicted molar refractivity (Wildman–Crippen MR) is 89.0 cm³/mol. The van der Waals surface area contributed by atoms with Gasteiger partial charge in [0.25, 0.3) is 5.91 Å². The van der Waals surface area contributed by atoms with Crippen LogP contribution in [0.3, 0.4) is 0 Å². The Balaban J connectivity index is 2.05. The first-order valence-electron chi connectivity index (χ1n) is 6.70. The third-order valence-corrected chi connectivity index (χ3v) is 3.91. The summed E-state index contributed by atoms with van der Waals surface area (Å²) in [6.45, 7) is 1.75. The third-order valence-electron chi connectivity index (χ3n) is 2.85. The molecule has 2 rings (SSSR count). The maximum Gasteiger partial charge on any atom is 0.265 e. The van der Waals surface area contributed by atoms with Crippen LogP contribution < -0.4 is 5.32 Å². The number of nitrogens with one attached hydrogen (secondary N) is 1. The Morgan fingerprint density at radius 2 is 1.91 bits per heavy atom. The van der Waals surface area contributed by atoms with E-state index in [0.29, 0.717) is 15.7 Å². The minimum Gasteiger partial charge on any atom is -0.344 e. The Hall–Kier alpha value is -2.47. The number of hydrogen-bond donors (Lipinski definition) is 1. The summed E-state index contributed by atoms with van der Waals surface area (Å²) in [7, 11) is 3.37. The molecule has 0 saturated carbocycles. The zero-order valence-electron chi connectivity index (χ0n) is 12.7. The highest BCUT2D eigenvalue weighted by Gasteiger charge is 2.17. The molecule has 0 fully saturated rings. The first-order chi connectivity index (χ1) is 10.5. The van der Waals surface area contributed by atoms with E-state index in [1.54, 1.807) is 27.1 Å². The molecule has 1 heterocycles. The van der Waals surface area contributed by atoms with Gasteiger partial charge < -0.3 is 4.90 Å². The second-order valence-electron chi connectivity index (χ2n) is 4.87. The lowest BCUT2D eigenvalue weighted by Gasteiger charge is -2.07. The van der Waals surface area contributed by atoms with Crippen molar-refractivity contribution in [1.82, 2.24) is 9.88 Å². The van der Waals surface area contributed by atoms with Gasteiger partial charge in [0.2, 0.25) is 5.91 Å². The first kappa shape index (κ1) is 15.9. The van der Waals surface area contributed by atoms with Gasteiger partial charge in [0.05, 0.1) is 5.69 Å². The molecule has 1 aromatic carbocycles. The summed E-state index contributed by atoms with van der Waals surface area (Å²) in [5.74, 6) is -0.392. The average molecular weight is 315 g/mol. The van der Waals surface area contributed by atoms with Gasteiger partial charge in [-0.3, -0.25) is 14.9 Å². The fourth-order valence-electron chi connectivity index (χ4n) is 1.73. The quantitative estimate of drug-likeness (QED) is 0.883. The van der Waals surface area contributed by atoms with E-state index in [9.17, 15) is 9.59 Å². The number of aromatic nitrogens is 1. The van der Waals surface area contributed by atoms with Crippen molar-refractivity contribution in [2.75, 3.05) is 19.4 Å². The van der Waals surface area contributed by atoms with Crippen molar-refractivity contribution < 1.29 is 9.59 Å². The Bertz CT molecular complexity index is 705. The Morgan fingerprint density at radius 1 is 1.23 bits per heavy atom. The van der Waals surface area contributed by atoms with Gasteiger partial charge in [-0.25, -0.2) is 4.98 Å². The van der Waals surface area contributed by atoms with E-state index in [0.717, 1.165) is 5.56 Å². The van der Waals surface area contributed by atoms with Crippen LogP contribution in [0.5, 0.6) is 0 Å². The van der Waals surface area contributed by atoms with Crippen LogP contribution in [0.4, 0.5) is 5.13 Å². The van der Waals surface area contributed by atoms with Crippen molar-refractivity contribution in [1.29, 1.82) is 0 Å². The summed E-state index contributed by atoms with van der Waals surface area (Å²) < 4.78 is 0. The van der Waals surface area contributed by atoms with Crippen LogP contribution in [-0.4, -0.2) is 35.8 Å². The van der Waals surface area contributed by atoms with Gasteiger partial charge in [0.15, 0.2) is 5.13 Å². The predicted octanol–water partition coefficient (Wildman–Crippen LogP) is 2.81. The highest BCUT2D eigenvalue weighted by molar-refractivity contribution is 7.17. The highest BCUT2D eigenvalue weighted by atomic mass is 32.1. The number of carbonyl (C=O) groups excluding carboxylic acids is 2. The van der Waals surface area contributed by atoms with E-state index in [1.807, 2.05) is 30.3 Å². The van der Waals surface area contributed by atoms with Gasteiger partial charge in [-0.15, -0.1) is 0 Å². The van der Waals surface area contributed by atoms with E-state index >= 15 is 0 Å². The SMILES string of the molecule is Cc1nc(NC(=O)/C=C/c2ccccc2)sc1C(=O)N(C)C. The van der Waals surface area contributed by atoms with E-state index < -0.39 is 0 Å². The number of carbonyl (C=O) groups is 2. The molecule has 6 heteroatoms. The van der Waals surface area contributed by atoms with Crippen LogP contribution in [-0.2, 0) is 4.79 Å². The Labute approximate surface area is 133 Å². The maximum atomic E-state index is 11.9. The zero-order chi connectivity index (χ0) is 16.1. The highest BCUT2D eigenvalue weighted by Crippen LogP contribution is 2.23. The number of aryl methyl sites for hydroxylation is 1. The molecule has 0 spiro atoms. The smallest absolute Gasteiger partial charge is 0.265 e. The lowest BCUT2D eigenvalue weighted by molar-refractivity contribution is -0.111.